The Kier molecular flexibility index (Phi) is 9.86. The van der Waals surface area contributed by atoms with E-state index in [1.807, 2.05) is 52.0 Å². The minimum atomic E-state index is -4.24. The highest BCUT2D eigenvalue weighted by Gasteiger charge is 2.32. The van der Waals surface area contributed by atoms with Crippen molar-refractivity contribution < 1.29 is 22.4 Å². The zero-order valence-corrected chi connectivity index (χ0v) is 23.8. The van der Waals surface area contributed by atoms with E-state index in [-0.39, 0.29) is 29.1 Å². The first-order chi connectivity index (χ1) is 18.4. The van der Waals surface area contributed by atoms with Crippen molar-refractivity contribution in [1.82, 2.24) is 10.2 Å². The molecule has 0 aliphatic heterocycles. The van der Waals surface area contributed by atoms with E-state index in [1.165, 1.54) is 17.0 Å². The van der Waals surface area contributed by atoms with E-state index in [2.05, 4.69) is 5.32 Å². The topological polar surface area (TPSA) is 86.8 Å². The maximum Gasteiger partial charge on any atom is 0.264 e. The van der Waals surface area contributed by atoms with Gasteiger partial charge in [0.25, 0.3) is 10.0 Å². The lowest BCUT2D eigenvalue weighted by Gasteiger charge is -2.32. The number of sulfonamides is 1. The van der Waals surface area contributed by atoms with Crippen LogP contribution in [0.3, 0.4) is 0 Å². The molecule has 3 aromatic carbocycles. The van der Waals surface area contributed by atoms with Crippen LogP contribution in [0, 0.1) is 19.7 Å². The number of nitrogens with zero attached hydrogens (tertiary/aromatic N) is 2. The summed E-state index contributed by atoms with van der Waals surface area (Å²) in [4.78, 5) is 28.2. The molecular formula is C30H36FN3O4S. The maximum atomic E-state index is 13.9. The zero-order valence-electron chi connectivity index (χ0n) is 23.0. The second-order valence-corrected chi connectivity index (χ2v) is 11.7. The number of carbonyl (C=O) groups is 2. The van der Waals surface area contributed by atoms with E-state index in [0.717, 1.165) is 39.5 Å². The van der Waals surface area contributed by atoms with E-state index in [0.29, 0.717) is 0 Å². The molecule has 2 atom stereocenters. The largest absolute Gasteiger partial charge is 0.352 e. The second kappa shape index (κ2) is 12.9. The molecule has 0 radical (unpaired) electrons. The van der Waals surface area contributed by atoms with Gasteiger partial charge in [0, 0.05) is 12.6 Å². The number of aryl methyl sites for hydroxylation is 2. The summed E-state index contributed by atoms with van der Waals surface area (Å²) in [6.45, 7) is 8.86. The highest BCUT2D eigenvalue weighted by atomic mass is 32.2. The number of carbonyl (C=O) groups excluding carboxylic acids is 2. The lowest BCUT2D eigenvalue weighted by molar-refractivity contribution is -0.139. The van der Waals surface area contributed by atoms with Crippen LogP contribution in [0.4, 0.5) is 10.1 Å². The van der Waals surface area contributed by atoms with Crippen LogP contribution >= 0.6 is 0 Å². The van der Waals surface area contributed by atoms with Gasteiger partial charge in [0.1, 0.15) is 18.4 Å². The Balaban J connectivity index is 2.01. The Morgan fingerprint density at radius 2 is 1.41 bits per heavy atom. The second-order valence-electron chi connectivity index (χ2n) is 9.80. The molecule has 0 spiro atoms. The van der Waals surface area contributed by atoms with Crippen LogP contribution in [0.5, 0.6) is 0 Å². The van der Waals surface area contributed by atoms with Gasteiger partial charge in [-0.3, -0.25) is 13.9 Å². The van der Waals surface area contributed by atoms with E-state index >= 15 is 0 Å². The van der Waals surface area contributed by atoms with Crippen molar-refractivity contribution in [3.8, 4) is 0 Å². The number of amides is 2. The molecule has 0 unspecified atom stereocenters. The molecule has 1 N–H and O–H groups in total. The van der Waals surface area contributed by atoms with Crippen LogP contribution < -0.4 is 9.62 Å². The van der Waals surface area contributed by atoms with Crippen LogP contribution in [-0.2, 0) is 26.2 Å². The van der Waals surface area contributed by atoms with Crippen molar-refractivity contribution in [3.05, 3.63) is 95.3 Å². The van der Waals surface area contributed by atoms with Gasteiger partial charge in [0.2, 0.25) is 11.8 Å². The molecule has 0 aliphatic rings. The summed E-state index contributed by atoms with van der Waals surface area (Å²) in [7, 11) is -4.24. The molecule has 9 heteroatoms. The van der Waals surface area contributed by atoms with E-state index in [4.69, 9.17) is 0 Å². The third kappa shape index (κ3) is 7.66. The molecule has 7 nitrogen and oxygen atoms in total. The van der Waals surface area contributed by atoms with Crippen molar-refractivity contribution >= 4 is 27.5 Å². The maximum absolute atomic E-state index is 13.9. The smallest absolute Gasteiger partial charge is 0.264 e. The fourth-order valence-corrected chi connectivity index (χ4v) is 5.33. The molecule has 0 aliphatic carbocycles. The van der Waals surface area contributed by atoms with Crippen molar-refractivity contribution in [3.63, 3.8) is 0 Å². The number of benzene rings is 3. The minimum absolute atomic E-state index is 0.0841. The minimum Gasteiger partial charge on any atom is -0.352 e. The van der Waals surface area contributed by atoms with Crippen LogP contribution in [0.15, 0.2) is 77.7 Å². The van der Waals surface area contributed by atoms with Gasteiger partial charge in [-0.15, -0.1) is 0 Å². The Hall–Kier alpha value is -3.72. The summed E-state index contributed by atoms with van der Waals surface area (Å²) in [6, 6.07) is 17.8. The van der Waals surface area contributed by atoms with Gasteiger partial charge in [-0.2, -0.15) is 0 Å². The molecule has 208 valence electrons. The number of hydrogen-bond acceptors (Lipinski definition) is 4. The summed E-state index contributed by atoms with van der Waals surface area (Å²) >= 11 is 0. The first-order valence-electron chi connectivity index (χ1n) is 12.9. The fraction of sp³-hybridized carbons (Fsp3) is 0.333. The van der Waals surface area contributed by atoms with Gasteiger partial charge in [-0.25, -0.2) is 12.8 Å². The van der Waals surface area contributed by atoms with E-state index < -0.39 is 34.3 Å². The lowest BCUT2D eigenvalue weighted by Crippen LogP contribution is -2.52. The van der Waals surface area contributed by atoms with E-state index in [9.17, 15) is 22.4 Å². The zero-order chi connectivity index (χ0) is 28.7. The normalized spacial score (nSPS) is 12.9. The number of nitrogens with one attached hydrogen (secondary N) is 1. The molecule has 3 rings (SSSR count). The third-order valence-electron chi connectivity index (χ3n) is 6.64. The average Bonchev–Trinajstić information content (AvgIpc) is 2.91. The predicted molar refractivity (Wildman–Crippen MR) is 151 cm³/mol. The lowest BCUT2D eigenvalue weighted by atomic mass is 10.1. The number of hydrogen-bond donors (Lipinski definition) is 1. The van der Waals surface area contributed by atoms with Gasteiger partial charge in [0.05, 0.1) is 10.6 Å². The number of anilines is 1. The van der Waals surface area contributed by atoms with Crippen molar-refractivity contribution in [2.75, 3.05) is 10.8 Å². The number of rotatable bonds is 11. The first kappa shape index (κ1) is 29.8. The summed E-state index contributed by atoms with van der Waals surface area (Å²) in [5.74, 6) is -1.45. The third-order valence-corrected chi connectivity index (χ3v) is 8.43. The fourth-order valence-electron chi connectivity index (χ4n) is 3.91. The molecule has 3 aromatic rings. The molecule has 0 fully saturated rings. The Morgan fingerprint density at radius 1 is 0.872 bits per heavy atom. The summed E-state index contributed by atoms with van der Waals surface area (Å²) in [5.41, 5.74) is 3.06. The van der Waals surface area contributed by atoms with Crippen LogP contribution in [0.25, 0.3) is 0 Å². The summed E-state index contributed by atoms with van der Waals surface area (Å²) in [5, 5.41) is 2.91. The van der Waals surface area contributed by atoms with Gasteiger partial charge in [0.15, 0.2) is 0 Å². The van der Waals surface area contributed by atoms with Gasteiger partial charge >= 0.3 is 0 Å². The molecule has 0 heterocycles. The molecule has 0 saturated heterocycles. The van der Waals surface area contributed by atoms with Crippen LogP contribution in [0.2, 0.25) is 0 Å². The molecular weight excluding hydrogens is 517 g/mol. The highest BCUT2D eigenvalue weighted by Crippen LogP contribution is 2.25. The SMILES string of the molecule is CC[C@H](C)NC(=O)[C@@H](C)N(Cc1ccc(C)cc1)C(=O)CN(c1ccc(C)cc1)S(=O)(=O)c1ccc(F)cc1. The predicted octanol–water partition coefficient (Wildman–Crippen LogP) is 4.97. The molecule has 0 aromatic heterocycles. The highest BCUT2D eigenvalue weighted by molar-refractivity contribution is 7.92. The molecule has 0 bridgehead atoms. The molecule has 2 amide bonds. The van der Waals surface area contributed by atoms with Crippen LogP contribution in [-0.4, -0.2) is 43.8 Å². The Bertz CT molecular complexity index is 1380. The molecule has 0 saturated carbocycles. The van der Waals surface area contributed by atoms with Crippen molar-refractivity contribution in [2.45, 2.75) is 64.6 Å². The monoisotopic (exact) mass is 553 g/mol. The average molecular weight is 554 g/mol. The van der Waals surface area contributed by atoms with Crippen molar-refractivity contribution in [1.29, 1.82) is 0 Å². The number of halogens is 1. The van der Waals surface area contributed by atoms with Crippen LogP contribution in [0.1, 0.15) is 43.9 Å². The van der Waals surface area contributed by atoms with Gasteiger partial charge in [-0.1, -0.05) is 54.4 Å². The van der Waals surface area contributed by atoms with Gasteiger partial charge in [-0.05, 0) is 76.1 Å². The standard InChI is InChI=1S/C30H36FN3O4S/c1-6-23(4)32-30(36)24(5)33(19-25-11-7-21(2)8-12-25)29(35)20-34(27-15-9-22(3)10-16-27)39(37,38)28-17-13-26(31)14-18-28/h7-18,23-24H,6,19-20H2,1-5H3,(H,32,36)/t23-,24+/m0/s1. The summed E-state index contributed by atoms with van der Waals surface area (Å²) < 4.78 is 42.0. The molecule has 39 heavy (non-hydrogen) atoms. The quantitative estimate of drug-likeness (QED) is 0.363. The van der Waals surface area contributed by atoms with Gasteiger partial charge < -0.3 is 10.2 Å². The Labute approximate surface area is 230 Å². The first-order valence-corrected chi connectivity index (χ1v) is 14.4. The Morgan fingerprint density at radius 3 is 1.95 bits per heavy atom. The van der Waals surface area contributed by atoms with E-state index in [1.54, 1.807) is 31.2 Å². The summed E-state index contributed by atoms with van der Waals surface area (Å²) in [6.07, 6.45) is 0.724. The van der Waals surface area contributed by atoms with Crippen molar-refractivity contribution in [2.24, 2.45) is 0 Å².